The smallest absolute Gasteiger partial charge is 0.574 e. The zero-order chi connectivity index (χ0) is 76.8. The molecule has 15 aromatic rings. The molecular formula is C89H73FIr5N11O2S-4. The molecule has 13 nitrogen and oxygen atoms in total. The number of hydrogen-bond acceptors (Lipinski definition) is 13. The van der Waals surface area contributed by atoms with Gasteiger partial charge in [0.2, 0.25) is 0 Å². The third-order valence-corrected chi connectivity index (χ3v) is 16.7. The largest absolute Gasteiger partial charge is 3.00 e. The molecule has 1 N–H and O–H groups in total. The number of thiophene rings is 1. The molecule has 0 fully saturated rings. The Morgan fingerprint density at radius 1 is 0.569 bits per heavy atom. The number of carbonyl (C=O) groups excluding carboxylic acids is 1. The van der Waals surface area contributed by atoms with Crippen LogP contribution in [0.5, 0.6) is 0 Å². The van der Waals surface area contributed by atoms with E-state index in [0.717, 1.165) is 72.3 Å². The summed E-state index contributed by atoms with van der Waals surface area (Å²) in [4.78, 5) is 41.0. The Labute approximate surface area is 716 Å². The second-order valence-corrected chi connectivity index (χ2v) is 24.3. The number of halogens is 1. The second kappa shape index (κ2) is 45.3. The van der Waals surface area contributed by atoms with E-state index in [9.17, 15) is 9.18 Å². The molecule has 0 spiro atoms. The topological polar surface area (TPSA) is 142 Å². The van der Waals surface area contributed by atoms with Gasteiger partial charge in [-0.05, 0) is 140 Å². The van der Waals surface area contributed by atoms with Gasteiger partial charge in [-0.25, -0.2) is 11.3 Å². The fourth-order valence-corrected chi connectivity index (χ4v) is 11.7. The normalized spacial score (nSPS) is 11.8. The zero-order valence-corrected chi connectivity index (χ0v) is 72.3. The van der Waals surface area contributed by atoms with Crippen LogP contribution in [0.4, 0.5) is 27.1 Å². The van der Waals surface area contributed by atoms with Crippen molar-refractivity contribution in [2.24, 2.45) is 0 Å². The summed E-state index contributed by atoms with van der Waals surface area (Å²) in [7, 11) is 3.99. The molecule has 9 heterocycles. The van der Waals surface area contributed by atoms with Crippen molar-refractivity contribution in [3.05, 3.63) is 377 Å². The molecule has 0 atom stereocenters. The van der Waals surface area contributed by atoms with E-state index in [1.165, 1.54) is 70.2 Å². The Kier molecular flexibility index (Phi) is 33.4. The standard InChI is InChI=1S/C22H16N.C17H14N2.C14H12N2.C13H8NS.C10H9FN2.C8H6N3.C5H8O2.5Ir/c1-16-14-22(23-15-21(16)18-8-3-2-4-9-18)20-13-7-11-17-10-5-6-12-19(17)20;1-13-11-17(16-9-5-6-10-18-16)19-12-15(13)14-7-3-2-4-8-14;1-15-11-16(12-7-3-2-4-8-12)14-10-6-5-9-13(14)15;1-2-7-12-10(5-1)9-13(15-12)11-6-3-4-8-14-11;1-12-6-7-13(8-12)10-4-2-9(11)3-5-10;1-2-5-9-7(3-1)8-4-6-10-11-8;1-4(6)3-5(2)7;;;;;/h2-12,14-15H,1H3;2-12H,1H3;2-7,9-11H,1H3;1-8H;2-4,6-8H,1H3;1-6H;3,6H,1-2H3;;;;;/q-1;;-2;-1;-2;-1;;;;;;+3/i2D,3D,4D,8D,9D;;;;;;;;;;;. The van der Waals surface area contributed by atoms with Crippen LogP contribution in [-0.4, -0.2) is 59.9 Å². The van der Waals surface area contributed by atoms with E-state index in [1.807, 2.05) is 201 Å². The maximum atomic E-state index is 12.6. The van der Waals surface area contributed by atoms with Gasteiger partial charge in [0.1, 0.15) is 0 Å². The van der Waals surface area contributed by atoms with Crippen molar-refractivity contribution in [2.45, 2.75) is 27.7 Å². The van der Waals surface area contributed by atoms with E-state index >= 15 is 0 Å². The number of aromatic nitrogens is 7. The van der Waals surface area contributed by atoms with Gasteiger partial charge >= 0.3 is 20.1 Å². The molecule has 2 aliphatic heterocycles. The third-order valence-electron chi connectivity index (χ3n) is 15.6. The molecule has 0 saturated heterocycles. The molecule has 2 aliphatic rings. The Bertz CT molecular complexity index is 5520. The van der Waals surface area contributed by atoms with Crippen LogP contribution in [0.15, 0.2) is 322 Å². The van der Waals surface area contributed by atoms with Crippen molar-refractivity contribution in [1.82, 2.24) is 40.0 Å². The number of aryl methyl sites for hydroxylation is 2. The molecule has 0 amide bonds. The number of aliphatic hydroxyl groups is 1. The summed E-state index contributed by atoms with van der Waals surface area (Å²) in [5, 5.41) is 19.2. The van der Waals surface area contributed by atoms with Crippen LogP contribution >= 0.6 is 11.3 Å². The van der Waals surface area contributed by atoms with Gasteiger partial charge < -0.3 is 44.9 Å². The van der Waals surface area contributed by atoms with Gasteiger partial charge in [-0.2, -0.15) is 49.7 Å². The Morgan fingerprint density at radius 3 is 1.78 bits per heavy atom. The van der Waals surface area contributed by atoms with E-state index in [0.29, 0.717) is 5.56 Å². The minimum Gasteiger partial charge on any atom is -0.574 e. The second-order valence-electron chi connectivity index (χ2n) is 23.3. The van der Waals surface area contributed by atoms with E-state index in [4.69, 9.17) is 12.0 Å². The molecule has 8 aromatic carbocycles. The first-order chi connectivity index (χ1) is 52.9. The van der Waals surface area contributed by atoms with Crippen LogP contribution in [0, 0.1) is 57.3 Å². The first-order valence-corrected chi connectivity index (χ1v) is 33.8. The van der Waals surface area contributed by atoms with Gasteiger partial charge in [0.25, 0.3) is 0 Å². The van der Waals surface area contributed by atoms with Crippen molar-refractivity contribution >= 4 is 60.7 Å². The fraction of sp³-hybridized carbons (Fsp3) is 0.0674. The van der Waals surface area contributed by atoms with Crippen LogP contribution in [0.25, 0.3) is 87.7 Å². The van der Waals surface area contributed by atoms with E-state index < -0.39 is 6.04 Å². The first-order valence-electron chi connectivity index (χ1n) is 35.5. The quantitative estimate of drug-likeness (QED) is 0.0833. The number of pyridine rings is 5. The minimum atomic E-state index is -0.397. The minimum absolute atomic E-state index is 0. The predicted molar refractivity (Wildman–Crippen MR) is 421 cm³/mol. The summed E-state index contributed by atoms with van der Waals surface area (Å²) in [5.74, 6) is -0.326. The Hall–Kier alpha value is -9.73. The molecule has 4 radical (unpaired) electrons. The van der Waals surface area contributed by atoms with Gasteiger partial charge in [0, 0.05) is 163 Å². The Morgan fingerprint density at radius 2 is 1.18 bits per heavy atom. The summed E-state index contributed by atoms with van der Waals surface area (Å²) in [6.45, 7) is 10.8. The van der Waals surface area contributed by atoms with E-state index in [1.54, 1.807) is 42.2 Å². The maximum absolute atomic E-state index is 12.6. The molecular weight excluding hydrogens is 2270 g/mol. The molecule has 558 valence electrons. The molecule has 7 aromatic heterocycles. The molecule has 0 unspecified atom stereocenters. The number of anilines is 4. The van der Waals surface area contributed by atoms with Crippen LogP contribution in [-0.2, 0) is 105 Å². The van der Waals surface area contributed by atoms with Gasteiger partial charge in [0.05, 0.1) is 24.0 Å². The van der Waals surface area contributed by atoms with Crippen molar-refractivity contribution in [3.8, 4) is 66.9 Å². The third kappa shape index (κ3) is 25.4. The molecule has 0 bridgehead atoms. The number of fused-ring (bicyclic) bond motifs is 3. The van der Waals surface area contributed by atoms with Crippen molar-refractivity contribution < 1.29 is 122 Å². The number of rotatable bonds is 9. The van der Waals surface area contributed by atoms with Crippen molar-refractivity contribution in [2.75, 3.05) is 28.8 Å². The van der Waals surface area contributed by atoms with Crippen LogP contribution in [0.3, 0.4) is 0 Å². The molecule has 0 saturated carbocycles. The Balaban J connectivity index is 0.000000212. The number of benzene rings is 8. The summed E-state index contributed by atoms with van der Waals surface area (Å²) in [6, 6.07) is 85.7. The molecule has 109 heavy (non-hydrogen) atoms. The number of hydrogen-bond donors (Lipinski definition) is 1. The van der Waals surface area contributed by atoms with Crippen LogP contribution in [0.1, 0.15) is 31.8 Å². The van der Waals surface area contributed by atoms with E-state index in [-0.39, 0.29) is 148 Å². The number of carbonyl (C=O) groups is 1. The summed E-state index contributed by atoms with van der Waals surface area (Å²) in [5.41, 5.74) is 15.5. The van der Waals surface area contributed by atoms with Crippen molar-refractivity contribution in [3.63, 3.8) is 0 Å². The summed E-state index contributed by atoms with van der Waals surface area (Å²) in [6.07, 6.45) is 15.5. The number of nitrogens with zero attached hydrogens (tertiary/aromatic N) is 11. The number of aliphatic hydroxyl groups excluding tert-OH is 1. The van der Waals surface area contributed by atoms with Crippen molar-refractivity contribution in [1.29, 1.82) is 0 Å². The maximum Gasteiger partial charge on any atom is 3.00 e. The first kappa shape index (κ1) is 80.3. The molecule has 0 aliphatic carbocycles. The average molecular weight is 2350 g/mol. The van der Waals surface area contributed by atoms with Gasteiger partial charge in [0.15, 0.2) is 5.78 Å². The molecule has 20 heteroatoms. The predicted octanol–water partition coefficient (Wildman–Crippen LogP) is 20.8. The van der Waals surface area contributed by atoms with E-state index in [2.05, 4.69) is 157 Å². The molecule has 17 rings (SSSR count). The summed E-state index contributed by atoms with van der Waals surface area (Å²) >= 11 is 1.73. The summed E-state index contributed by atoms with van der Waals surface area (Å²) < 4.78 is 53.7. The number of para-hydroxylation sites is 3. The number of allylic oxidation sites excluding steroid dienone is 2. The monoisotopic (exact) mass is 2350 g/mol. The number of ketones is 1. The van der Waals surface area contributed by atoms with Crippen LogP contribution < -0.4 is 19.8 Å². The zero-order valence-electron chi connectivity index (χ0n) is 64.5. The SMILES string of the molecule is CC(=O)C=C(C)O.CN1C=CN(c2[c-]cc(F)cc2)[CH-]1.CN1[CH-]N(c2[c-]cccc2)c2ccccc21.Cc1cc(-c2ccccn2)ncc1-c1ccccc1.[2H]c1c([2H])c([2H])c(-c2cnc(-c3[c-]ccc4ccccc34)cc2C)c([2H])c1[2H].[Ir+3].[Ir].[Ir].[Ir].[Ir].[c-]1c(-c2ccccn2)sc2ccccc12.c1ccc(-c2ccn[n-]2)nc1. The van der Waals surface area contributed by atoms with Gasteiger partial charge in [-0.3, -0.25) is 24.1 Å². The van der Waals surface area contributed by atoms with Gasteiger partial charge in [-0.15, -0.1) is 82.3 Å². The fourth-order valence-electron chi connectivity index (χ4n) is 10.7. The van der Waals surface area contributed by atoms with Crippen LogP contribution in [0.2, 0.25) is 0 Å². The van der Waals surface area contributed by atoms with Gasteiger partial charge in [-0.1, -0.05) is 157 Å². The average Bonchev–Trinajstić information content (AvgIpc) is 0.801.